The van der Waals surface area contributed by atoms with Crippen molar-refractivity contribution in [1.29, 1.82) is 0 Å². The molecule has 0 saturated heterocycles. The lowest BCUT2D eigenvalue weighted by molar-refractivity contribution is -0.167. The van der Waals surface area contributed by atoms with Crippen LogP contribution in [0.4, 0.5) is 0 Å². The monoisotopic (exact) mass is 959 g/mol. The Morgan fingerprint density at radius 3 is 0.884 bits per heavy atom. The fraction of sp³-hybridized carbons (Fsp3) is 0.698. The molecule has 0 aliphatic carbocycles. The molecule has 0 aliphatic heterocycles. The number of carbonyl (C=O) groups excluding carboxylic acids is 3. The molecule has 0 radical (unpaired) electrons. The van der Waals surface area contributed by atoms with Crippen LogP contribution in [0.25, 0.3) is 0 Å². The van der Waals surface area contributed by atoms with Crippen molar-refractivity contribution in [3.05, 3.63) is 97.2 Å². The van der Waals surface area contributed by atoms with Gasteiger partial charge in [-0.2, -0.15) is 0 Å². The second-order valence-corrected chi connectivity index (χ2v) is 18.8. The van der Waals surface area contributed by atoms with Crippen LogP contribution < -0.4 is 0 Å². The molecule has 0 aromatic heterocycles. The van der Waals surface area contributed by atoms with Gasteiger partial charge in [-0.3, -0.25) is 14.4 Å². The van der Waals surface area contributed by atoms with Crippen LogP contribution in [0.15, 0.2) is 97.2 Å². The van der Waals surface area contributed by atoms with Crippen LogP contribution in [0.3, 0.4) is 0 Å². The number of carbonyl (C=O) groups is 3. The predicted octanol–water partition coefficient (Wildman–Crippen LogP) is 19.3. The minimum absolute atomic E-state index is 0.0857. The van der Waals surface area contributed by atoms with Gasteiger partial charge < -0.3 is 14.2 Å². The number of rotatable bonds is 51. The summed E-state index contributed by atoms with van der Waals surface area (Å²) in [5, 5.41) is 0. The summed E-state index contributed by atoms with van der Waals surface area (Å²) in [4.78, 5) is 37.8. The van der Waals surface area contributed by atoms with Crippen molar-refractivity contribution >= 4 is 17.9 Å². The summed E-state index contributed by atoms with van der Waals surface area (Å²) in [6.45, 7) is 6.42. The highest BCUT2D eigenvalue weighted by Crippen LogP contribution is 2.14. The summed E-state index contributed by atoms with van der Waals surface area (Å²) in [6.07, 6.45) is 75.8. The molecule has 0 fully saturated rings. The summed E-state index contributed by atoms with van der Waals surface area (Å²) in [5.74, 6) is -0.917. The Bertz CT molecular complexity index is 1380. The van der Waals surface area contributed by atoms with Crippen molar-refractivity contribution in [3.63, 3.8) is 0 Å². The Balaban J connectivity index is 4.15. The van der Waals surface area contributed by atoms with Gasteiger partial charge in [0.15, 0.2) is 6.10 Å². The molecule has 0 bridgehead atoms. The van der Waals surface area contributed by atoms with Gasteiger partial charge >= 0.3 is 17.9 Å². The summed E-state index contributed by atoms with van der Waals surface area (Å²) >= 11 is 0. The average Bonchev–Trinajstić information content (AvgIpc) is 3.35. The molecule has 6 nitrogen and oxygen atoms in total. The van der Waals surface area contributed by atoms with E-state index in [0.29, 0.717) is 19.3 Å². The summed E-state index contributed by atoms with van der Waals surface area (Å²) in [6, 6.07) is 0. The maximum Gasteiger partial charge on any atom is 0.306 e. The lowest BCUT2D eigenvalue weighted by Gasteiger charge is -2.18. The zero-order chi connectivity index (χ0) is 50.0. The van der Waals surface area contributed by atoms with Gasteiger partial charge in [0.2, 0.25) is 0 Å². The van der Waals surface area contributed by atoms with Crippen LogP contribution in [0.1, 0.15) is 265 Å². The third-order valence-corrected chi connectivity index (χ3v) is 12.1. The Hall–Kier alpha value is -3.67. The van der Waals surface area contributed by atoms with E-state index >= 15 is 0 Å². The summed E-state index contributed by atoms with van der Waals surface area (Å²) in [7, 11) is 0. The van der Waals surface area contributed by atoms with Gasteiger partial charge in [-0.05, 0) is 103 Å². The van der Waals surface area contributed by atoms with E-state index in [1.165, 1.54) is 96.3 Å². The average molecular weight is 960 g/mol. The molecular formula is C63H106O6. The highest BCUT2D eigenvalue weighted by atomic mass is 16.6. The van der Waals surface area contributed by atoms with Gasteiger partial charge in [0, 0.05) is 19.3 Å². The number of allylic oxidation sites excluding steroid dienone is 16. The van der Waals surface area contributed by atoms with Crippen LogP contribution in [0.2, 0.25) is 0 Å². The molecule has 1 unspecified atom stereocenters. The Kier molecular flexibility index (Phi) is 53.9. The zero-order valence-electron chi connectivity index (χ0n) is 45.0. The molecule has 0 aromatic rings. The fourth-order valence-corrected chi connectivity index (χ4v) is 7.77. The lowest BCUT2D eigenvalue weighted by Crippen LogP contribution is -2.30. The van der Waals surface area contributed by atoms with Gasteiger partial charge in [0.05, 0.1) is 0 Å². The predicted molar refractivity (Wildman–Crippen MR) is 297 cm³/mol. The molecule has 0 amide bonds. The summed E-state index contributed by atoms with van der Waals surface area (Å²) < 4.78 is 16.7. The molecule has 6 heteroatoms. The normalized spacial score (nSPS) is 12.8. The Morgan fingerprint density at radius 1 is 0.304 bits per heavy atom. The largest absolute Gasteiger partial charge is 0.462 e. The van der Waals surface area contributed by atoms with Crippen molar-refractivity contribution < 1.29 is 28.6 Å². The van der Waals surface area contributed by atoms with Crippen LogP contribution >= 0.6 is 0 Å². The number of hydrogen-bond donors (Lipinski definition) is 0. The first-order valence-corrected chi connectivity index (χ1v) is 28.7. The fourth-order valence-electron chi connectivity index (χ4n) is 7.77. The molecule has 0 spiro atoms. The number of ether oxygens (including phenoxy) is 3. The van der Waals surface area contributed by atoms with Gasteiger partial charge in [0.25, 0.3) is 0 Å². The molecule has 394 valence electrons. The Labute approximate surface area is 426 Å². The SMILES string of the molecule is CC/C=C\C/C=C\C/C=C\C/C=C\C/C=C\CCCCCCCCCCCC(=O)OCC(COC(=O)CCCCCCC)OC(=O)CCCCCCCC/C=C\C/C=C\C/C=C\CCCCCCC. The maximum absolute atomic E-state index is 12.8. The van der Waals surface area contributed by atoms with E-state index in [-0.39, 0.29) is 31.1 Å². The van der Waals surface area contributed by atoms with E-state index in [0.717, 1.165) is 128 Å². The molecule has 0 aromatic carbocycles. The topological polar surface area (TPSA) is 78.9 Å². The van der Waals surface area contributed by atoms with Crippen molar-refractivity contribution in [2.45, 2.75) is 271 Å². The highest BCUT2D eigenvalue weighted by molar-refractivity contribution is 5.71. The van der Waals surface area contributed by atoms with E-state index in [9.17, 15) is 14.4 Å². The van der Waals surface area contributed by atoms with Crippen molar-refractivity contribution in [1.82, 2.24) is 0 Å². The third-order valence-electron chi connectivity index (χ3n) is 12.1. The smallest absolute Gasteiger partial charge is 0.306 e. The first-order chi connectivity index (χ1) is 34.0. The lowest BCUT2D eigenvalue weighted by atomic mass is 10.1. The second-order valence-electron chi connectivity index (χ2n) is 18.8. The molecule has 0 heterocycles. The number of hydrogen-bond acceptors (Lipinski definition) is 6. The molecule has 0 N–H and O–H groups in total. The summed E-state index contributed by atoms with van der Waals surface area (Å²) in [5.41, 5.74) is 0. The minimum atomic E-state index is -0.784. The number of unbranched alkanes of at least 4 members (excludes halogenated alkanes) is 24. The van der Waals surface area contributed by atoms with Gasteiger partial charge in [-0.15, -0.1) is 0 Å². The molecule has 0 rings (SSSR count). The van der Waals surface area contributed by atoms with Crippen molar-refractivity contribution in [2.24, 2.45) is 0 Å². The molecule has 69 heavy (non-hydrogen) atoms. The highest BCUT2D eigenvalue weighted by Gasteiger charge is 2.19. The van der Waals surface area contributed by atoms with Crippen molar-refractivity contribution in [2.75, 3.05) is 13.2 Å². The molecular weight excluding hydrogens is 853 g/mol. The van der Waals surface area contributed by atoms with Gasteiger partial charge in [-0.1, -0.05) is 240 Å². The Morgan fingerprint density at radius 2 is 0.565 bits per heavy atom. The van der Waals surface area contributed by atoms with E-state index in [2.05, 4.69) is 118 Å². The standard InChI is InChI=1S/C63H106O6/c1-4-7-10-13-15-17-19-21-23-25-27-29-30-31-32-34-35-37-39-41-43-45-47-50-53-56-62(65)68-59-60(58-67-61(64)55-52-49-12-9-6-3)69-63(66)57-54-51-48-46-44-42-40-38-36-33-28-26-24-22-20-18-16-14-11-8-5-2/h7,10,15,17,20-23,26-29,31-32,36,38,60H,4-6,8-9,11-14,16,18-19,24-25,30,33-35,37,39-59H2,1-3H3/b10-7-,17-15-,22-20-,23-21-,28-26-,29-27-,32-31-,38-36-. The van der Waals surface area contributed by atoms with E-state index < -0.39 is 6.10 Å². The van der Waals surface area contributed by atoms with E-state index in [1.807, 2.05) is 0 Å². The van der Waals surface area contributed by atoms with Crippen LogP contribution in [0.5, 0.6) is 0 Å². The van der Waals surface area contributed by atoms with Gasteiger partial charge in [0.1, 0.15) is 13.2 Å². The van der Waals surface area contributed by atoms with Gasteiger partial charge in [-0.25, -0.2) is 0 Å². The number of esters is 3. The van der Waals surface area contributed by atoms with Crippen LogP contribution in [-0.2, 0) is 28.6 Å². The molecule has 1 atom stereocenters. The maximum atomic E-state index is 12.8. The molecule has 0 saturated carbocycles. The third kappa shape index (κ3) is 55.1. The van der Waals surface area contributed by atoms with Crippen LogP contribution in [0, 0.1) is 0 Å². The van der Waals surface area contributed by atoms with E-state index in [1.54, 1.807) is 0 Å². The van der Waals surface area contributed by atoms with E-state index in [4.69, 9.17) is 14.2 Å². The zero-order valence-corrected chi connectivity index (χ0v) is 45.0. The first kappa shape index (κ1) is 65.3. The quantitative estimate of drug-likeness (QED) is 0.0262. The minimum Gasteiger partial charge on any atom is -0.462 e. The molecule has 0 aliphatic rings. The first-order valence-electron chi connectivity index (χ1n) is 28.7. The second kappa shape index (κ2) is 56.9. The van der Waals surface area contributed by atoms with Crippen molar-refractivity contribution in [3.8, 4) is 0 Å². The van der Waals surface area contributed by atoms with Crippen LogP contribution in [-0.4, -0.2) is 37.2 Å².